The number of halogens is 3. The Labute approximate surface area is 138 Å². The van der Waals surface area contributed by atoms with Gasteiger partial charge in [0, 0.05) is 28.0 Å². The molecule has 0 radical (unpaired) electrons. The SMILES string of the molecule is Br.C=CCOC(Cn1ccnc1)c1ccc(Cl)cc1Cl. The van der Waals surface area contributed by atoms with Crippen LogP contribution in [0.25, 0.3) is 0 Å². The van der Waals surface area contributed by atoms with Gasteiger partial charge in [-0.3, -0.25) is 0 Å². The monoisotopic (exact) mass is 376 g/mol. The Balaban J connectivity index is 0.00000200. The van der Waals surface area contributed by atoms with E-state index in [4.69, 9.17) is 27.9 Å². The minimum Gasteiger partial charge on any atom is -0.368 e. The van der Waals surface area contributed by atoms with Gasteiger partial charge in [0.15, 0.2) is 0 Å². The predicted octanol–water partition coefficient (Wildman–Crippen LogP) is 4.71. The highest BCUT2D eigenvalue weighted by Gasteiger charge is 2.16. The third kappa shape index (κ3) is 4.63. The van der Waals surface area contributed by atoms with Crippen molar-refractivity contribution < 1.29 is 4.74 Å². The van der Waals surface area contributed by atoms with Crippen molar-refractivity contribution in [1.82, 2.24) is 9.55 Å². The normalized spacial score (nSPS) is 11.7. The van der Waals surface area contributed by atoms with Crippen molar-refractivity contribution in [1.29, 1.82) is 0 Å². The molecule has 1 aromatic heterocycles. The third-order valence-electron chi connectivity index (χ3n) is 2.66. The summed E-state index contributed by atoms with van der Waals surface area (Å²) in [5, 5.41) is 1.21. The van der Waals surface area contributed by atoms with Crippen LogP contribution in [0.3, 0.4) is 0 Å². The number of hydrogen-bond donors (Lipinski definition) is 0. The molecule has 0 bridgehead atoms. The fourth-order valence-electron chi connectivity index (χ4n) is 1.77. The van der Waals surface area contributed by atoms with Crippen LogP contribution in [0.2, 0.25) is 10.0 Å². The van der Waals surface area contributed by atoms with Gasteiger partial charge in [-0.1, -0.05) is 35.3 Å². The van der Waals surface area contributed by atoms with Crippen LogP contribution in [-0.4, -0.2) is 16.2 Å². The van der Waals surface area contributed by atoms with Gasteiger partial charge < -0.3 is 9.30 Å². The van der Waals surface area contributed by atoms with Crippen LogP contribution in [0.4, 0.5) is 0 Å². The fourth-order valence-corrected chi connectivity index (χ4v) is 2.30. The van der Waals surface area contributed by atoms with Gasteiger partial charge in [0.05, 0.1) is 19.5 Å². The van der Waals surface area contributed by atoms with E-state index in [9.17, 15) is 0 Å². The number of nitrogens with zero attached hydrogens (tertiary/aromatic N) is 2. The van der Waals surface area contributed by atoms with Gasteiger partial charge in [0.25, 0.3) is 0 Å². The molecule has 1 atom stereocenters. The molecule has 0 aliphatic carbocycles. The first-order valence-electron chi connectivity index (χ1n) is 5.84. The summed E-state index contributed by atoms with van der Waals surface area (Å²) >= 11 is 12.1. The van der Waals surface area contributed by atoms with Crippen LogP contribution in [-0.2, 0) is 11.3 Å². The van der Waals surface area contributed by atoms with Crippen LogP contribution in [0.15, 0.2) is 49.6 Å². The minimum absolute atomic E-state index is 0. The molecular formula is C14H15BrCl2N2O. The summed E-state index contributed by atoms with van der Waals surface area (Å²) in [6, 6.07) is 5.41. The fraction of sp³-hybridized carbons (Fsp3) is 0.214. The van der Waals surface area contributed by atoms with Crippen molar-refractivity contribution >= 4 is 40.2 Å². The molecule has 0 aliphatic rings. The van der Waals surface area contributed by atoms with Crippen molar-refractivity contribution in [3.05, 3.63) is 65.2 Å². The predicted molar refractivity (Wildman–Crippen MR) is 87.9 cm³/mol. The van der Waals surface area contributed by atoms with Gasteiger partial charge in [0.1, 0.15) is 6.10 Å². The molecule has 0 spiro atoms. The molecule has 0 fully saturated rings. The average molecular weight is 378 g/mol. The van der Waals surface area contributed by atoms with Crippen LogP contribution >= 0.6 is 40.2 Å². The number of aromatic nitrogens is 2. The summed E-state index contributed by atoms with van der Waals surface area (Å²) in [7, 11) is 0. The maximum Gasteiger partial charge on any atom is 0.102 e. The van der Waals surface area contributed by atoms with Gasteiger partial charge in [-0.05, 0) is 12.1 Å². The van der Waals surface area contributed by atoms with Crippen molar-refractivity contribution in [2.75, 3.05) is 6.61 Å². The van der Waals surface area contributed by atoms with E-state index in [0.717, 1.165) is 5.56 Å². The summed E-state index contributed by atoms with van der Waals surface area (Å²) in [6.07, 6.45) is 6.90. The second kappa shape index (κ2) is 8.47. The second-order valence-electron chi connectivity index (χ2n) is 4.04. The van der Waals surface area contributed by atoms with Gasteiger partial charge in [-0.15, -0.1) is 23.6 Å². The number of benzene rings is 1. The summed E-state index contributed by atoms with van der Waals surface area (Å²) < 4.78 is 7.72. The van der Waals surface area contributed by atoms with Crippen LogP contribution in [0, 0.1) is 0 Å². The Morgan fingerprint density at radius 1 is 1.40 bits per heavy atom. The molecule has 0 aliphatic heterocycles. The van der Waals surface area contributed by atoms with E-state index in [-0.39, 0.29) is 23.1 Å². The molecule has 0 saturated heterocycles. The first kappa shape index (κ1) is 17.2. The zero-order valence-electron chi connectivity index (χ0n) is 10.7. The summed E-state index contributed by atoms with van der Waals surface area (Å²) in [5.74, 6) is 0. The van der Waals surface area contributed by atoms with Crippen molar-refractivity contribution in [3.8, 4) is 0 Å². The molecule has 6 heteroatoms. The summed E-state index contributed by atoms with van der Waals surface area (Å²) in [5.41, 5.74) is 0.904. The molecule has 0 N–H and O–H groups in total. The molecule has 1 unspecified atom stereocenters. The molecule has 108 valence electrons. The topological polar surface area (TPSA) is 27.1 Å². The van der Waals surface area contributed by atoms with E-state index in [1.807, 2.05) is 16.8 Å². The van der Waals surface area contributed by atoms with Crippen molar-refractivity contribution in [2.24, 2.45) is 0 Å². The largest absolute Gasteiger partial charge is 0.368 e. The molecule has 0 amide bonds. The maximum atomic E-state index is 6.23. The van der Waals surface area contributed by atoms with Crippen molar-refractivity contribution in [3.63, 3.8) is 0 Å². The van der Waals surface area contributed by atoms with Crippen LogP contribution < -0.4 is 0 Å². The standard InChI is InChI=1S/C14H14Cl2N2O.BrH/c1-2-7-19-14(9-18-6-5-17-10-18)12-4-3-11(15)8-13(12)16;/h2-6,8,10,14H,1,7,9H2;1H. The van der Waals surface area contributed by atoms with E-state index in [0.29, 0.717) is 23.2 Å². The van der Waals surface area contributed by atoms with E-state index >= 15 is 0 Å². The lowest BCUT2D eigenvalue weighted by Crippen LogP contribution is -2.12. The molecular weight excluding hydrogens is 363 g/mol. The molecule has 2 aromatic rings. The van der Waals surface area contributed by atoms with E-state index in [1.165, 1.54) is 0 Å². The lowest BCUT2D eigenvalue weighted by atomic mass is 10.1. The maximum absolute atomic E-state index is 6.23. The zero-order chi connectivity index (χ0) is 13.7. The van der Waals surface area contributed by atoms with Crippen molar-refractivity contribution in [2.45, 2.75) is 12.6 Å². The Kier molecular flexibility index (Phi) is 7.30. The second-order valence-corrected chi connectivity index (χ2v) is 4.88. The number of rotatable bonds is 6. The minimum atomic E-state index is -0.169. The highest BCUT2D eigenvalue weighted by Crippen LogP contribution is 2.29. The Morgan fingerprint density at radius 2 is 2.20 bits per heavy atom. The smallest absolute Gasteiger partial charge is 0.102 e. The van der Waals surface area contributed by atoms with Gasteiger partial charge >= 0.3 is 0 Å². The summed E-state index contributed by atoms with van der Waals surface area (Å²) in [4.78, 5) is 4.02. The molecule has 20 heavy (non-hydrogen) atoms. The average Bonchev–Trinajstić information content (AvgIpc) is 2.88. The van der Waals surface area contributed by atoms with E-state index in [1.54, 1.807) is 30.7 Å². The first-order chi connectivity index (χ1) is 9.20. The van der Waals surface area contributed by atoms with E-state index < -0.39 is 0 Å². The molecule has 3 nitrogen and oxygen atoms in total. The van der Waals surface area contributed by atoms with E-state index in [2.05, 4.69) is 11.6 Å². The number of ether oxygens (including phenoxy) is 1. The number of hydrogen-bond acceptors (Lipinski definition) is 2. The Hall–Kier alpha value is -0.810. The van der Waals surface area contributed by atoms with Crippen LogP contribution in [0.5, 0.6) is 0 Å². The summed E-state index contributed by atoms with van der Waals surface area (Å²) in [6.45, 7) is 4.75. The van der Waals surface area contributed by atoms with Crippen LogP contribution in [0.1, 0.15) is 11.7 Å². The lowest BCUT2D eigenvalue weighted by molar-refractivity contribution is 0.0608. The quantitative estimate of drug-likeness (QED) is 0.681. The highest BCUT2D eigenvalue weighted by atomic mass is 79.9. The molecule has 1 heterocycles. The van der Waals surface area contributed by atoms with Gasteiger partial charge in [0.2, 0.25) is 0 Å². The Morgan fingerprint density at radius 3 is 2.80 bits per heavy atom. The van der Waals surface area contributed by atoms with Gasteiger partial charge in [-0.25, -0.2) is 4.98 Å². The first-order valence-corrected chi connectivity index (χ1v) is 6.59. The van der Waals surface area contributed by atoms with Gasteiger partial charge in [-0.2, -0.15) is 0 Å². The zero-order valence-corrected chi connectivity index (χ0v) is 13.9. The highest BCUT2D eigenvalue weighted by molar-refractivity contribution is 8.93. The third-order valence-corrected chi connectivity index (χ3v) is 3.22. The molecule has 2 rings (SSSR count). The number of imidazole rings is 1. The molecule has 0 saturated carbocycles. The lowest BCUT2D eigenvalue weighted by Gasteiger charge is -2.19. The molecule has 1 aromatic carbocycles. The Bertz CT molecular complexity index is 546.